The van der Waals surface area contributed by atoms with Crippen LogP contribution in [0.5, 0.6) is 0 Å². The number of rotatable bonds is 0. The first kappa shape index (κ1) is 8.90. The lowest BCUT2D eigenvalue weighted by atomic mass is 10.2. The van der Waals surface area contributed by atoms with Gasteiger partial charge in [0.05, 0.1) is 10.9 Å². The highest BCUT2D eigenvalue weighted by atomic mass is 16.5. The van der Waals surface area contributed by atoms with Crippen LogP contribution in [0.15, 0.2) is 21.5 Å². The Labute approximate surface area is 89.1 Å². The van der Waals surface area contributed by atoms with Gasteiger partial charge < -0.3 is 15.2 Å². The van der Waals surface area contributed by atoms with Crippen LogP contribution in [0.1, 0.15) is 5.82 Å². The molecule has 0 unspecified atom stereocenters. The number of nitrogen functional groups attached to an aromatic ring is 1. The molecular weight excluding hydrogens is 208 g/mol. The molecule has 2 aromatic heterocycles. The molecule has 2 heterocycles. The summed E-state index contributed by atoms with van der Waals surface area (Å²) in [6.45, 7) is 1.72. The maximum Gasteiger partial charge on any atom is 0.262 e. The summed E-state index contributed by atoms with van der Waals surface area (Å²) in [7, 11) is 0. The van der Waals surface area contributed by atoms with Crippen LogP contribution < -0.4 is 11.3 Å². The second-order valence-electron chi connectivity index (χ2n) is 3.56. The summed E-state index contributed by atoms with van der Waals surface area (Å²) in [4.78, 5) is 18.6. The molecule has 16 heavy (non-hydrogen) atoms. The second-order valence-corrected chi connectivity index (χ2v) is 3.56. The molecule has 0 saturated carbocycles. The molecule has 3 aromatic rings. The van der Waals surface area contributed by atoms with Crippen LogP contribution in [0.2, 0.25) is 0 Å². The number of benzene rings is 1. The summed E-state index contributed by atoms with van der Waals surface area (Å²) in [6, 6.07) is 3.48. The number of nitrogens with zero attached hydrogens (tertiary/aromatic N) is 2. The number of aryl methyl sites for hydroxylation is 1. The normalized spacial score (nSPS) is 11.3. The van der Waals surface area contributed by atoms with E-state index >= 15 is 0 Å². The Hall–Kier alpha value is -2.37. The molecule has 1 aromatic carbocycles. The Morgan fingerprint density at radius 2 is 2.25 bits per heavy atom. The smallest absolute Gasteiger partial charge is 0.262 e. The standard InChI is InChI=1S/C10H8N4O2/c1-4-12-6-3-2-5-8(16-14-9(5)11)7(6)10(15)13-4/h2-3H,1H3,(H2,11,14)(H,12,13,15). The third-order valence-electron chi connectivity index (χ3n) is 2.46. The highest BCUT2D eigenvalue weighted by Gasteiger charge is 2.12. The van der Waals surface area contributed by atoms with Crippen molar-refractivity contribution in [1.29, 1.82) is 0 Å². The minimum Gasteiger partial charge on any atom is -0.380 e. The fourth-order valence-electron chi connectivity index (χ4n) is 1.76. The number of H-pyrrole nitrogens is 1. The molecular formula is C10H8N4O2. The number of nitrogens with one attached hydrogen (secondary N) is 1. The van der Waals surface area contributed by atoms with Gasteiger partial charge in [0, 0.05) is 0 Å². The lowest BCUT2D eigenvalue weighted by Gasteiger charge is -1.97. The molecule has 0 aliphatic carbocycles. The van der Waals surface area contributed by atoms with Crippen molar-refractivity contribution >= 4 is 27.7 Å². The van der Waals surface area contributed by atoms with Gasteiger partial charge >= 0.3 is 0 Å². The lowest BCUT2D eigenvalue weighted by molar-refractivity contribution is 0.462. The van der Waals surface area contributed by atoms with Crippen molar-refractivity contribution in [1.82, 2.24) is 15.1 Å². The number of fused-ring (bicyclic) bond motifs is 3. The van der Waals surface area contributed by atoms with E-state index in [4.69, 9.17) is 10.3 Å². The molecule has 6 heteroatoms. The van der Waals surface area contributed by atoms with Crippen molar-refractivity contribution in [2.45, 2.75) is 6.92 Å². The molecule has 0 atom stereocenters. The van der Waals surface area contributed by atoms with Crippen molar-refractivity contribution in [3.05, 3.63) is 28.3 Å². The molecule has 6 nitrogen and oxygen atoms in total. The van der Waals surface area contributed by atoms with E-state index < -0.39 is 0 Å². The molecule has 80 valence electrons. The van der Waals surface area contributed by atoms with Crippen LogP contribution in [-0.2, 0) is 0 Å². The van der Waals surface area contributed by atoms with Gasteiger partial charge in [0.25, 0.3) is 5.56 Å². The van der Waals surface area contributed by atoms with Gasteiger partial charge in [-0.25, -0.2) is 4.98 Å². The number of hydrogen-bond donors (Lipinski definition) is 2. The maximum atomic E-state index is 11.8. The average Bonchev–Trinajstić information content (AvgIpc) is 2.59. The van der Waals surface area contributed by atoms with E-state index in [9.17, 15) is 4.79 Å². The summed E-state index contributed by atoms with van der Waals surface area (Å²) in [5.41, 5.74) is 6.32. The Kier molecular flexibility index (Phi) is 1.57. The Bertz CT molecular complexity index is 756. The highest BCUT2D eigenvalue weighted by Crippen LogP contribution is 2.25. The van der Waals surface area contributed by atoms with Gasteiger partial charge in [-0.05, 0) is 19.1 Å². The van der Waals surface area contributed by atoms with Crippen molar-refractivity contribution in [2.24, 2.45) is 0 Å². The van der Waals surface area contributed by atoms with E-state index in [0.717, 1.165) is 0 Å². The minimum atomic E-state index is -0.246. The Morgan fingerprint density at radius 3 is 3.06 bits per heavy atom. The summed E-state index contributed by atoms with van der Waals surface area (Å²) in [6.07, 6.45) is 0. The largest absolute Gasteiger partial charge is 0.380 e. The summed E-state index contributed by atoms with van der Waals surface area (Å²) < 4.78 is 5.05. The van der Waals surface area contributed by atoms with E-state index in [1.54, 1.807) is 19.1 Å². The maximum absolute atomic E-state index is 11.8. The average molecular weight is 216 g/mol. The quantitative estimate of drug-likeness (QED) is 0.583. The van der Waals surface area contributed by atoms with Crippen molar-refractivity contribution in [3.63, 3.8) is 0 Å². The zero-order chi connectivity index (χ0) is 11.3. The number of nitrogens with two attached hydrogens (primary N) is 1. The molecule has 0 spiro atoms. The molecule has 3 N–H and O–H groups in total. The monoisotopic (exact) mass is 216 g/mol. The zero-order valence-electron chi connectivity index (χ0n) is 8.44. The Balaban J connectivity index is 2.65. The number of aromatic amines is 1. The van der Waals surface area contributed by atoms with Crippen molar-refractivity contribution in [2.75, 3.05) is 5.73 Å². The summed E-state index contributed by atoms with van der Waals surface area (Å²) in [5.74, 6) is 0.834. The molecule has 0 saturated heterocycles. The van der Waals surface area contributed by atoms with Crippen LogP contribution in [-0.4, -0.2) is 15.1 Å². The van der Waals surface area contributed by atoms with E-state index in [-0.39, 0.29) is 11.4 Å². The first-order valence-corrected chi connectivity index (χ1v) is 4.71. The molecule has 0 fully saturated rings. The molecule has 0 amide bonds. The van der Waals surface area contributed by atoms with Crippen LogP contribution in [0.25, 0.3) is 21.9 Å². The Morgan fingerprint density at radius 1 is 1.44 bits per heavy atom. The number of aromatic nitrogens is 3. The SMILES string of the molecule is Cc1nc2ccc3c(N)noc3c2c(=O)[nH]1. The van der Waals surface area contributed by atoms with Gasteiger partial charge in [0.15, 0.2) is 11.4 Å². The van der Waals surface area contributed by atoms with E-state index in [1.165, 1.54) is 0 Å². The predicted molar refractivity (Wildman–Crippen MR) is 59.1 cm³/mol. The van der Waals surface area contributed by atoms with Crippen molar-refractivity contribution < 1.29 is 4.52 Å². The van der Waals surface area contributed by atoms with Crippen LogP contribution in [0, 0.1) is 6.92 Å². The lowest BCUT2D eigenvalue weighted by Crippen LogP contribution is -2.09. The fourth-order valence-corrected chi connectivity index (χ4v) is 1.76. The van der Waals surface area contributed by atoms with E-state index in [0.29, 0.717) is 27.7 Å². The second kappa shape index (κ2) is 2.82. The van der Waals surface area contributed by atoms with Gasteiger partial charge in [-0.15, -0.1) is 0 Å². The van der Waals surface area contributed by atoms with Gasteiger partial charge in [-0.1, -0.05) is 5.16 Å². The predicted octanol–water partition coefficient (Wildman–Crippen LogP) is 0.955. The molecule has 0 aliphatic rings. The number of anilines is 1. The zero-order valence-corrected chi connectivity index (χ0v) is 8.44. The van der Waals surface area contributed by atoms with E-state index in [1.807, 2.05) is 0 Å². The van der Waals surface area contributed by atoms with Gasteiger partial charge in [-0.3, -0.25) is 4.79 Å². The van der Waals surface area contributed by atoms with Crippen LogP contribution in [0.3, 0.4) is 0 Å². The van der Waals surface area contributed by atoms with Crippen molar-refractivity contribution in [3.8, 4) is 0 Å². The van der Waals surface area contributed by atoms with Gasteiger partial charge in [-0.2, -0.15) is 0 Å². The molecule has 0 radical (unpaired) electrons. The summed E-state index contributed by atoms with van der Waals surface area (Å²) in [5, 5.41) is 4.64. The summed E-state index contributed by atoms with van der Waals surface area (Å²) >= 11 is 0. The molecule has 0 aliphatic heterocycles. The van der Waals surface area contributed by atoms with Crippen LogP contribution in [0.4, 0.5) is 5.82 Å². The first-order valence-electron chi connectivity index (χ1n) is 4.71. The third kappa shape index (κ3) is 1.04. The van der Waals surface area contributed by atoms with Crippen LogP contribution >= 0.6 is 0 Å². The molecule has 3 rings (SSSR count). The van der Waals surface area contributed by atoms with E-state index in [2.05, 4.69) is 15.1 Å². The first-order chi connectivity index (χ1) is 7.66. The van der Waals surface area contributed by atoms with Gasteiger partial charge in [0.1, 0.15) is 11.2 Å². The molecule has 0 bridgehead atoms. The minimum absolute atomic E-state index is 0.246. The highest BCUT2D eigenvalue weighted by molar-refractivity contribution is 6.05. The number of hydrogen-bond acceptors (Lipinski definition) is 5. The van der Waals surface area contributed by atoms with Gasteiger partial charge in [0.2, 0.25) is 0 Å². The topological polar surface area (TPSA) is 97.8 Å². The fraction of sp³-hybridized carbons (Fsp3) is 0.100. The third-order valence-corrected chi connectivity index (χ3v) is 2.46.